The maximum atomic E-state index is 13.0. The van der Waals surface area contributed by atoms with Crippen LogP contribution in [0.5, 0.6) is 11.5 Å². The Balaban J connectivity index is 1.56. The Bertz CT molecular complexity index is 986. The number of hydrogen-bond donors (Lipinski definition) is 0. The minimum absolute atomic E-state index is 0.0230. The van der Waals surface area contributed by atoms with Crippen molar-refractivity contribution in [2.75, 3.05) is 27.3 Å². The van der Waals surface area contributed by atoms with Crippen LogP contribution in [0.3, 0.4) is 0 Å². The molecule has 1 aliphatic rings. The van der Waals surface area contributed by atoms with Crippen molar-refractivity contribution in [1.29, 1.82) is 0 Å². The van der Waals surface area contributed by atoms with Gasteiger partial charge in [-0.15, -0.1) is 0 Å². The monoisotopic (exact) mass is 362 g/mol. The highest BCUT2D eigenvalue weighted by Crippen LogP contribution is 2.36. The molecule has 0 unspecified atom stereocenters. The van der Waals surface area contributed by atoms with Crippen LogP contribution < -0.4 is 9.47 Å². The van der Waals surface area contributed by atoms with Crippen molar-refractivity contribution < 1.29 is 14.3 Å². The SMILES string of the molecule is COc1ccc(OC)c([C@H]2CCN(C(=O)c3ccc4ccccc4n3)C2)c1. The summed E-state index contributed by atoms with van der Waals surface area (Å²) in [6.07, 6.45) is 0.892. The fraction of sp³-hybridized carbons (Fsp3) is 0.273. The normalized spacial score (nSPS) is 16.5. The summed E-state index contributed by atoms with van der Waals surface area (Å²) in [6, 6.07) is 17.4. The van der Waals surface area contributed by atoms with Crippen LogP contribution in [0.4, 0.5) is 0 Å². The lowest BCUT2D eigenvalue weighted by Crippen LogP contribution is -2.29. The van der Waals surface area contributed by atoms with Crippen LogP contribution in [0.15, 0.2) is 54.6 Å². The van der Waals surface area contributed by atoms with E-state index >= 15 is 0 Å². The highest BCUT2D eigenvalue weighted by atomic mass is 16.5. The molecule has 1 amide bonds. The van der Waals surface area contributed by atoms with Gasteiger partial charge in [0.15, 0.2) is 0 Å². The minimum atomic E-state index is -0.0230. The van der Waals surface area contributed by atoms with E-state index in [-0.39, 0.29) is 11.8 Å². The molecule has 0 spiro atoms. The fourth-order valence-corrected chi connectivity index (χ4v) is 3.70. The molecule has 0 N–H and O–H groups in total. The van der Waals surface area contributed by atoms with Crippen molar-refractivity contribution >= 4 is 16.8 Å². The molecule has 1 saturated heterocycles. The lowest BCUT2D eigenvalue weighted by Gasteiger charge is -2.18. The smallest absolute Gasteiger partial charge is 0.272 e. The molecular formula is C22H22N2O3. The Labute approximate surface area is 158 Å². The number of methoxy groups -OCH3 is 2. The van der Waals surface area contributed by atoms with Gasteiger partial charge in [0.2, 0.25) is 0 Å². The van der Waals surface area contributed by atoms with Crippen molar-refractivity contribution in [2.24, 2.45) is 0 Å². The van der Waals surface area contributed by atoms with Crippen molar-refractivity contribution in [3.05, 3.63) is 65.9 Å². The summed E-state index contributed by atoms with van der Waals surface area (Å²) in [5.74, 6) is 1.83. The Hall–Kier alpha value is -3.08. The van der Waals surface area contributed by atoms with E-state index in [1.54, 1.807) is 14.2 Å². The highest BCUT2D eigenvalue weighted by molar-refractivity contribution is 5.95. The van der Waals surface area contributed by atoms with E-state index in [0.717, 1.165) is 34.4 Å². The average Bonchev–Trinajstić information content (AvgIpc) is 3.22. The molecule has 5 nitrogen and oxygen atoms in total. The summed E-state index contributed by atoms with van der Waals surface area (Å²) >= 11 is 0. The number of carbonyl (C=O) groups excluding carboxylic acids is 1. The first-order valence-electron chi connectivity index (χ1n) is 9.06. The van der Waals surface area contributed by atoms with E-state index < -0.39 is 0 Å². The van der Waals surface area contributed by atoms with Crippen molar-refractivity contribution in [1.82, 2.24) is 9.88 Å². The highest BCUT2D eigenvalue weighted by Gasteiger charge is 2.30. The predicted molar refractivity (Wildman–Crippen MR) is 105 cm³/mol. The molecule has 3 aromatic rings. The summed E-state index contributed by atoms with van der Waals surface area (Å²) < 4.78 is 10.9. The number of para-hydroxylation sites is 1. The van der Waals surface area contributed by atoms with E-state index in [4.69, 9.17) is 9.47 Å². The standard InChI is InChI=1S/C22H22N2O3/c1-26-17-8-10-21(27-2)18(13-17)16-11-12-24(14-16)22(25)20-9-7-15-5-3-4-6-19(15)23-20/h3-10,13,16H,11-12,14H2,1-2H3/t16-/m0/s1. The number of rotatable bonds is 4. The van der Waals surface area contributed by atoms with Crippen LogP contribution in [0.2, 0.25) is 0 Å². The molecule has 1 atom stereocenters. The van der Waals surface area contributed by atoms with Crippen LogP contribution in [-0.2, 0) is 0 Å². The molecule has 0 radical (unpaired) electrons. The van der Waals surface area contributed by atoms with E-state index in [2.05, 4.69) is 4.98 Å². The van der Waals surface area contributed by atoms with Crippen molar-refractivity contribution in [3.8, 4) is 11.5 Å². The first-order chi connectivity index (χ1) is 13.2. The van der Waals surface area contributed by atoms with Gasteiger partial charge in [-0.1, -0.05) is 24.3 Å². The van der Waals surface area contributed by atoms with Gasteiger partial charge in [-0.3, -0.25) is 4.79 Å². The van der Waals surface area contributed by atoms with E-state index in [1.165, 1.54) is 0 Å². The average molecular weight is 362 g/mol. The molecule has 2 heterocycles. The van der Waals surface area contributed by atoms with Crippen molar-refractivity contribution in [2.45, 2.75) is 12.3 Å². The topological polar surface area (TPSA) is 51.7 Å². The van der Waals surface area contributed by atoms with Gasteiger partial charge in [0.05, 0.1) is 19.7 Å². The molecule has 4 rings (SSSR count). The van der Waals surface area contributed by atoms with Gasteiger partial charge < -0.3 is 14.4 Å². The molecule has 0 bridgehead atoms. The number of benzene rings is 2. The Kier molecular flexibility index (Phi) is 4.67. The van der Waals surface area contributed by atoms with Crippen LogP contribution in [0.25, 0.3) is 10.9 Å². The third-order valence-corrected chi connectivity index (χ3v) is 5.17. The first kappa shape index (κ1) is 17.3. The lowest BCUT2D eigenvalue weighted by molar-refractivity contribution is 0.0785. The second kappa shape index (κ2) is 7.27. The number of pyridine rings is 1. The largest absolute Gasteiger partial charge is 0.497 e. The number of hydrogen-bond acceptors (Lipinski definition) is 4. The van der Waals surface area contributed by atoms with Gasteiger partial charge in [0, 0.05) is 30.0 Å². The molecule has 5 heteroatoms. The lowest BCUT2D eigenvalue weighted by atomic mass is 9.97. The number of fused-ring (bicyclic) bond motifs is 1. The second-order valence-electron chi connectivity index (χ2n) is 6.73. The third kappa shape index (κ3) is 3.33. The number of ether oxygens (including phenoxy) is 2. The van der Waals surface area contributed by atoms with Gasteiger partial charge in [0.1, 0.15) is 17.2 Å². The quantitative estimate of drug-likeness (QED) is 0.707. The Morgan fingerprint density at radius 2 is 1.93 bits per heavy atom. The van der Waals surface area contributed by atoms with E-state index in [0.29, 0.717) is 18.8 Å². The Morgan fingerprint density at radius 3 is 2.74 bits per heavy atom. The predicted octanol–water partition coefficient (Wildman–Crippen LogP) is 3.88. The number of aromatic nitrogens is 1. The minimum Gasteiger partial charge on any atom is -0.497 e. The molecule has 0 saturated carbocycles. The molecule has 0 aliphatic carbocycles. The number of nitrogens with zero attached hydrogens (tertiary/aromatic N) is 2. The molecule has 2 aromatic carbocycles. The Morgan fingerprint density at radius 1 is 1.07 bits per heavy atom. The summed E-state index contributed by atoms with van der Waals surface area (Å²) in [6.45, 7) is 1.36. The van der Waals surface area contributed by atoms with E-state index in [9.17, 15) is 4.79 Å². The van der Waals surface area contributed by atoms with Crippen molar-refractivity contribution in [3.63, 3.8) is 0 Å². The maximum absolute atomic E-state index is 13.0. The van der Waals surface area contributed by atoms with Gasteiger partial charge in [-0.05, 0) is 36.8 Å². The number of likely N-dealkylation sites (tertiary alicyclic amines) is 1. The van der Waals surface area contributed by atoms with E-state index in [1.807, 2.05) is 59.5 Å². The molecule has 1 aromatic heterocycles. The summed E-state index contributed by atoms with van der Waals surface area (Å²) in [5.41, 5.74) is 2.42. The first-order valence-corrected chi connectivity index (χ1v) is 9.06. The van der Waals surface area contributed by atoms with Gasteiger partial charge in [0.25, 0.3) is 5.91 Å². The summed E-state index contributed by atoms with van der Waals surface area (Å²) in [4.78, 5) is 19.4. The van der Waals surface area contributed by atoms with Gasteiger partial charge >= 0.3 is 0 Å². The molecule has 1 aliphatic heterocycles. The maximum Gasteiger partial charge on any atom is 0.272 e. The molecule has 138 valence electrons. The molecular weight excluding hydrogens is 340 g/mol. The van der Waals surface area contributed by atoms with Gasteiger partial charge in [-0.25, -0.2) is 4.98 Å². The molecule has 1 fully saturated rings. The van der Waals surface area contributed by atoms with Crippen LogP contribution in [0.1, 0.15) is 28.4 Å². The van der Waals surface area contributed by atoms with Crippen LogP contribution >= 0.6 is 0 Å². The zero-order valence-corrected chi connectivity index (χ0v) is 15.5. The number of carbonyl (C=O) groups is 1. The van der Waals surface area contributed by atoms with Crippen LogP contribution in [0, 0.1) is 0 Å². The zero-order chi connectivity index (χ0) is 18.8. The summed E-state index contributed by atoms with van der Waals surface area (Å²) in [7, 11) is 3.32. The second-order valence-corrected chi connectivity index (χ2v) is 6.73. The molecule has 27 heavy (non-hydrogen) atoms. The fourth-order valence-electron chi connectivity index (χ4n) is 3.70. The number of amides is 1. The third-order valence-electron chi connectivity index (χ3n) is 5.17. The zero-order valence-electron chi connectivity index (χ0n) is 15.5. The van der Waals surface area contributed by atoms with Crippen LogP contribution in [-0.4, -0.2) is 43.1 Å². The summed E-state index contributed by atoms with van der Waals surface area (Å²) in [5, 5.41) is 1.04. The van der Waals surface area contributed by atoms with Gasteiger partial charge in [-0.2, -0.15) is 0 Å².